The molecule has 0 fully saturated rings. The number of hydrogen-bond acceptors (Lipinski definition) is 1. The van der Waals surface area contributed by atoms with E-state index < -0.39 is 5.83 Å². The molecule has 0 saturated carbocycles. The van der Waals surface area contributed by atoms with Gasteiger partial charge in [-0.2, -0.15) is 11.8 Å². The molecule has 0 unspecified atom stereocenters. The molecule has 3 heteroatoms. The van der Waals surface area contributed by atoms with Crippen LogP contribution >= 0.6 is 23.4 Å². The summed E-state index contributed by atoms with van der Waals surface area (Å²) in [4.78, 5) is 0. The minimum absolute atomic E-state index is 0.350. The average molecular weight is 207 g/mol. The number of hydrogen-bond donors (Lipinski definition) is 0. The molecule has 0 aromatic carbocycles. The summed E-state index contributed by atoms with van der Waals surface area (Å²) in [6, 6.07) is 0. The number of rotatable bonds is 5. The lowest BCUT2D eigenvalue weighted by molar-refractivity contribution is 0.656. The molecule has 0 spiro atoms. The zero-order chi connectivity index (χ0) is 9.56. The van der Waals surface area contributed by atoms with Gasteiger partial charge in [-0.3, -0.25) is 0 Å². The van der Waals surface area contributed by atoms with Crippen LogP contribution in [0.15, 0.2) is 35.7 Å². The predicted octanol–water partition coefficient (Wildman–Crippen LogP) is 3.90. The number of allylic oxidation sites excluding steroid dienone is 3. The smallest absolute Gasteiger partial charge is 0.121 e. The van der Waals surface area contributed by atoms with E-state index in [1.54, 1.807) is 11.8 Å². The van der Waals surface area contributed by atoms with Crippen LogP contribution in [0.2, 0.25) is 0 Å². The summed E-state index contributed by atoms with van der Waals surface area (Å²) >= 11 is 7.31. The van der Waals surface area contributed by atoms with Gasteiger partial charge in [-0.15, -0.1) is 0 Å². The molecule has 0 heterocycles. The van der Waals surface area contributed by atoms with Crippen LogP contribution in [0.1, 0.15) is 6.92 Å². The van der Waals surface area contributed by atoms with Crippen LogP contribution in [0, 0.1) is 0 Å². The van der Waals surface area contributed by atoms with E-state index in [0.717, 1.165) is 5.75 Å². The second-order valence-electron chi connectivity index (χ2n) is 2.07. The molecule has 0 aliphatic rings. The Bertz CT molecular complexity index is 209. The fraction of sp³-hybridized carbons (Fsp3) is 0.333. The first-order valence-corrected chi connectivity index (χ1v) is 5.10. The van der Waals surface area contributed by atoms with Crippen molar-refractivity contribution in [1.82, 2.24) is 0 Å². The van der Waals surface area contributed by atoms with Crippen molar-refractivity contribution in [2.45, 2.75) is 6.92 Å². The first kappa shape index (κ1) is 11.8. The summed E-state index contributed by atoms with van der Waals surface area (Å²) in [5, 5.41) is 0.350. The molecule has 0 saturated heterocycles. The van der Waals surface area contributed by atoms with E-state index in [1.807, 2.05) is 6.92 Å². The lowest BCUT2D eigenvalue weighted by Gasteiger charge is -2.03. The third kappa shape index (κ3) is 3.98. The average Bonchev–Trinajstić information content (AvgIpc) is 2.04. The van der Waals surface area contributed by atoms with Crippen molar-refractivity contribution in [1.29, 1.82) is 0 Å². The molecule has 0 radical (unpaired) electrons. The quantitative estimate of drug-likeness (QED) is 0.615. The molecule has 0 nitrogen and oxygen atoms in total. The van der Waals surface area contributed by atoms with E-state index >= 15 is 0 Å². The van der Waals surface area contributed by atoms with Gasteiger partial charge in [-0.1, -0.05) is 37.8 Å². The molecule has 0 aromatic heterocycles. The van der Waals surface area contributed by atoms with E-state index in [0.29, 0.717) is 16.4 Å². The lowest BCUT2D eigenvalue weighted by atomic mass is 10.2. The van der Waals surface area contributed by atoms with Crippen molar-refractivity contribution in [2.24, 2.45) is 0 Å². The minimum atomic E-state index is -0.471. The Kier molecular flexibility index (Phi) is 6.21. The summed E-state index contributed by atoms with van der Waals surface area (Å²) in [5.74, 6) is 1.01. The highest BCUT2D eigenvalue weighted by atomic mass is 35.5. The van der Waals surface area contributed by atoms with Gasteiger partial charge < -0.3 is 0 Å². The standard InChI is InChI=1S/C9H12ClFS/c1-4-9(10)8(7(3)11)6-12-5-2/h4H,1,3,5-6H2,2H3/b9-8+. The van der Waals surface area contributed by atoms with Crippen LogP contribution in [0.4, 0.5) is 4.39 Å². The monoisotopic (exact) mass is 206 g/mol. The van der Waals surface area contributed by atoms with Crippen LogP contribution in [0.3, 0.4) is 0 Å². The highest BCUT2D eigenvalue weighted by Gasteiger charge is 2.05. The van der Waals surface area contributed by atoms with E-state index in [-0.39, 0.29) is 0 Å². The first-order chi connectivity index (χ1) is 5.63. The molecule has 0 aliphatic carbocycles. The minimum Gasteiger partial charge on any atom is -0.207 e. The topological polar surface area (TPSA) is 0 Å². The zero-order valence-corrected chi connectivity index (χ0v) is 8.64. The van der Waals surface area contributed by atoms with Crippen molar-refractivity contribution in [3.05, 3.63) is 35.7 Å². The van der Waals surface area contributed by atoms with Crippen molar-refractivity contribution in [3.8, 4) is 0 Å². The fourth-order valence-corrected chi connectivity index (χ4v) is 1.57. The Morgan fingerprint density at radius 3 is 2.58 bits per heavy atom. The van der Waals surface area contributed by atoms with Gasteiger partial charge in [-0.25, -0.2) is 4.39 Å². The number of thioether (sulfide) groups is 1. The highest BCUT2D eigenvalue weighted by molar-refractivity contribution is 7.99. The maximum atomic E-state index is 12.7. The Morgan fingerprint density at radius 2 is 2.25 bits per heavy atom. The summed E-state index contributed by atoms with van der Waals surface area (Å²) < 4.78 is 12.7. The molecule has 0 aromatic rings. The van der Waals surface area contributed by atoms with Gasteiger partial charge in [0.2, 0.25) is 0 Å². The van der Waals surface area contributed by atoms with Gasteiger partial charge in [0.05, 0.1) is 0 Å². The Labute approximate surface area is 82.2 Å². The Balaban J connectivity index is 4.43. The second kappa shape index (κ2) is 6.32. The third-order valence-electron chi connectivity index (χ3n) is 1.25. The summed E-state index contributed by atoms with van der Waals surface area (Å²) in [5.41, 5.74) is 0.443. The summed E-state index contributed by atoms with van der Waals surface area (Å²) in [6.07, 6.45) is 1.43. The lowest BCUT2D eigenvalue weighted by Crippen LogP contribution is -1.90. The fourth-order valence-electron chi connectivity index (χ4n) is 0.604. The second-order valence-corrected chi connectivity index (χ2v) is 3.75. The molecule has 0 atom stereocenters. The van der Waals surface area contributed by atoms with E-state index in [2.05, 4.69) is 13.2 Å². The predicted molar refractivity (Wildman–Crippen MR) is 56.3 cm³/mol. The molecular formula is C9H12ClFS. The van der Waals surface area contributed by atoms with Crippen molar-refractivity contribution in [2.75, 3.05) is 11.5 Å². The number of halogens is 2. The highest BCUT2D eigenvalue weighted by Crippen LogP contribution is 2.22. The van der Waals surface area contributed by atoms with E-state index in [9.17, 15) is 4.39 Å². The molecular weight excluding hydrogens is 195 g/mol. The maximum Gasteiger partial charge on any atom is 0.121 e. The Hall–Kier alpha value is -0.210. The van der Waals surface area contributed by atoms with Crippen molar-refractivity contribution in [3.63, 3.8) is 0 Å². The first-order valence-electron chi connectivity index (χ1n) is 3.57. The van der Waals surface area contributed by atoms with Crippen molar-refractivity contribution >= 4 is 23.4 Å². The van der Waals surface area contributed by atoms with Gasteiger partial charge in [0.1, 0.15) is 5.83 Å². The molecule has 12 heavy (non-hydrogen) atoms. The van der Waals surface area contributed by atoms with Gasteiger partial charge >= 0.3 is 0 Å². The largest absolute Gasteiger partial charge is 0.207 e. The molecule has 0 rings (SSSR count). The van der Waals surface area contributed by atoms with E-state index in [1.165, 1.54) is 6.08 Å². The van der Waals surface area contributed by atoms with Gasteiger partial charge in [-0.05, 0) is 5.75 Å². The van der Waals surface area contributed by atoms with Gasteiger partial charge in [0.25, 0.3) is 0 Å². The molecule has 0 N–H and O–H groups in total. The van der Waals surface area contributed by atoms with Crippen LogP contribution < -0.4 is 0 Å². The molecule has 0 amide bonds. The van der Waals surface area contributed by atoms with Crippen molar-refractivity contribution < 1.29 is 4.39 Å². The zero-order valence-electron chi connectivity index (χ0n) is 7.07. The SMILES string of the molecule is C=C/C(Cl)=C(/CSCC)C(=C)F. The summed E-state index contributed by atoms with van der Waals surface area (Å²) in [7, 11) is 0. The van der Waals surface area contributed by atoms with Gasteiger partial charge in [0, 0.05) is 16.4 Å². The third-order valence-corrected chi connectivity index (χ3v) is 2.53. The van der Waals surface area contributed by atoms with Crippen LogP contribution in [0.25, 0.3) is 0 Å². The van der Waals surface area contributed by atoms with Crippen LogP contribution in [0.5, 0.6) is 0 Å². The normalized spacial score (nSPS) is 12.2. The van der Waals surface area contributed by atoms with E-state index in [4.69, 9.17) is 11.6 Å². The summed E-state index contributed by atoms with van der Waals surface area (Å²) in [6.45, 7) is 8.68. The maximum absolute atomic E-state index is 12.7. The van der Waals surface area contributed by atoms with Crippen LogP contribution in [-0.4, -0.2) is 11.5 Å². The molecule has 0 bridgehead atoms. The Morgan fingerprint density at radius 1 is 1.67 bits per heavy atom. The van der Waals surface area contributed by atoms with Crippen LogP contribution in [-0.2, 0) is 0 Å². The van der Waals surface area contributed by atoms with Gasteiger partial charge in [0.15, 0.2) is 0 Å². The molecule has 0 aliphatic heterocycles. The molecule has 68 valence electrons.